The van der Waals surface area contributed by atoms with Gasteiger partial charge >= 0.3 is 0 Å². The predicted molar refractivity (Wildman–Crippen MR) is 111 cm³/mol. The molecule has 140 valence electrons. The number of anilines is 1. The maximum atomic E-state index is 12.2. The number of aromatic nitrogens is 3. The van der Waals surface area contributed by atoms with Gasteiger partial charge in [0.25, 0.3) is 0 Å². The smallest absolute Gasteiger partial charge is 0.234 e. The number of nitrogen functional groups attached to an aromatic ring is 1. The zero-order valence-corrected chi connectivity index (χ0v) is 17.1. The number of nitrogens with one attached hydrogen (secondary N) is 1. The summed E-state index contributed by atoms with van der Waals surface area (Å²) < 4.78 is 1.29. The molecule has 0 unspecified atom stereocenters. The fraction of sp³-hybridized carbons (Fsp3) is 0.118. The highest BCUT2D eigenvalue weighted by molar-refractivity contribution is 7.99. The molecule has 1 heterocycles. The zero-order chi connectivity index (χ0) is 19.6. The number of nitrogens with zero attached hydrogens (tertiary/aromatic N) is 3. The second-order valence-corrected chi connectivity index (χ2v) is 7.79. The first-order valence-corrected chi connectivity index (χ1v) is 9.82. The lowest BCUT2D eigenvalue weighted by Crippen LogP contribution is -2.16. The molecule has 0 fully saturated rings. The van der Waals surface area contributed by atoms with Crippen molar-refractivity contribution in [3.8, 4) is 11.4 Å². The van der Waals surface area contributed by atoms with Crippen LogP contribution >= 0.6 is 46.6 Å². The van der Waals surface area contributed by atoms with Gasteiger partial charge in [-0.2, -0.15) is 0 Å². The van der Waals surface area contributed by atoms with E-state index in [0.29, 0.717) is 37.3 Å². The molecule has 0 saturated carbocycles. The van der Waals surface area contributed by atoms with Gasteiger partial charge in [-0.15, -0.1) is 10.2 Å². The Kier molecular flexibility index (Phi) is 6.16. The first-order valence-electron chi connectivity index (χ1n) is 7.70. The monoisotopic (exact) mass is 441 g/mol. The molecule has 1 amide bonds. The molecule has 0 aliphatic rings. The van der Waals surface area contributed by atoms with Crippen LogP contribution in [0.5, 0.6) is 0 Å². The number of nitrogens with two attached hydrogens (primary N) is 1. The minimum atomic E-state index is -0.214. The lowest BCUT2D eigenvalue weighted by atomic mass is 10.2. The lowest BCUT2D eigenvalue weighted by molar-refractivity contribution is -0.113. The van der Waals surface area contributed by atoms with Gasteiger partial charge in [-0.25, -0.2) is 4.68 Å². The number of thioether (sulfide) groups is 1. The van der Waals surface area contributed by atoms with Crippen LogP contribution in [0.4, 0.5) is 5.69 Å². The van der Waals surface area contributed by atoms with Crippen LogP contribution in [0.15, 0.2) is 41.6 Å². The molecule has 2 aromatic carbocycles. The van der Waals surface area contributed by atoms with Gasteiger partial charge in [0.15, 0.2) is 5.82 Å². The topological polar surface area (TPSA) is 85.8 Å². The van der Waals surface area contributed by atoms with Gasteiger partial charge in [-0.05, 0) is 42.8 Å². The molecule has 3 aromatic rings. The van der Waals surface area contributed by atoms with Crippen molar-refractivity contribution in [1.82, 2.24) is 14.9 Å². The third-order valence-electron chi connectivity index (χ3n) is 3.62. The molecule has 27 heavy (non-hydrogen) atoms. The Hall–Kier alpha value is -1.93. The second-order valence-electron chi connectivity index (χ2n) is 5.60. The van der Waals surface area contributed by atoms with Gasteiger partial charge in [0.1, 0.15) is 0 Å². The number of benzene rings is 2. The summed E-state index contributed by atoms with van der Waals surface area (Å²) in [6, 6.07) is 10.3. The van der Waals surface area contributed by atoms with E-state index in [4.69, 9.17) is 40.6 Å². The molecule has 0 bridgehead atoms. The number of rotatable bonds is 5. The third kappa shape index (κ3) is 4.68. The summed E-state index contributed by atoms with van der Waals surface area (Å²) in [4.78, 5) is 12.2. The first kappa shape index (κ1) is 19.8. The first-order chi connectivity index (χ1) is 12.8. The van der Waals surface area contributed by atoms with Crippen LogP contribution in [0.2, 0.25) is 15.1 Å². The Balaban J connectivity index is 1.67. The maximum Gasteiger partial charge on any atom is 0.234 e. The molecule has 10 heteroatoms. The molecular formula is C17H14Cl3N5OS. The van der Waals surface area contributed by atoms with Gasteiger partial charge in [0, 0.05) is 21.3 Å². The molecule has 1 aromatic heterocycles. The minimum absolute atomic E-state index is 0.106. The van der Waals surface area contributed by atoms with E-state index in [1.807, 2.05) is 13.0 Å². The Bertz CT molecular complexity index is 1010. The Labute approximate surface area is 175 Å². The van der Waals surface area contributed by atoms with Crippen LogP contribution in [-0.2, 0) is 4.79 Å². The molecule has 6 nitrogen and oxygen atoms in total. The predicted octanol–water partition coefficient (Wildman–Crippen LogP) is 4.66. The van der Waals surface area contributed by atoms with Crippen molar-refractivity contribution in [3.63, 3.8) is 0 Å². The normalized spacial score (nSPS) is 10.8. The van der Waals surface area contributed by atoms with E-state index in [9.17, 15) is 4.79 Å². The van der Waals surface area contributed by atoms with Gasteiger partial charge in [0.05, 0.1) is 10.8 Å². The standard InChI is InChI=1S/C17H14Cl3N5OS/c1-9-2-4-11(7-13(9)19)22-15(26)8-27-17-24-23-16(25(17)21)12-5-3-10(18)6-14(12)20/h2-7H,8,21H2,1H3,(H,22,26). The maximum absolute atomic E-state index is 12.2. The van der Waals surface area contributed by atoms with E-state index in [2.05, 4.69) is 15.5 Å². The summed E-state index contributed by atoms with van der Waals surface area (Å²) in [5.41, 5.74) is 2.16. The molecular weight excluding hydrogens is 429 g/mol. The van der Waals surface area contributed by atoms with E-state index < -0.39 is 0 Å². The number of aryl methyl sites for hydroxylation is 1. The fourth-order valence-electron chi connectivity index (χ4n) is 2.23. The zero-order valence-electron chi connectivity index (χ0n) is 14.0. The molecule has 0 aliphatic carbocycles. The van der Waals surface area contributed by atoms with Crippen LogP contribution in [0.1, 0.15) is 5.56 Å². The third-order valence-corrected chi connectivity index (χ3v) is 5.52. The van der Waals surface area contributed by atoms with Crippen LogP contribution in [0, 0.1) is 6.92 Å². The van der Waals surface area contributed by atoms with Gasteiger partial charge in [-0.1, -0.05) is 52.6 Å². The largest absolute Gasteiger partial charge is 0.335 e. The summed E-state index contributed by atoms with van der Waals surface area (Å²) in [7, 11) is 0. The number of carbonyl (C=O) groups excluding carboxylic acids is 1. The lowest BCUT2D eigenvalue weighted by Gasteiger charge is -2.07. The average molecular weight is 443 g/mol. The molecule has 0 aliphatic heterocycles. The summed E-state index contributed by atoms with van der Waals surface area (Å²) in [5, 5.41) is 12.7. The molecule has 0 saturated heterocycles. The van der Waals surface area contributed by atoms with E-state index in [0.717, 1.165) is 17.3 Å². The summed E-state index contributed by atoms with van der Waals surface area (Å²) in [6.45, 7) is 1.89. The SMILES string of the molecule is Cc1ccc(NC(=O)CSc2nnc(-c3ccc(Cl)cc3Cl)n2N)cc1Cl. The van der Waals surface area contributed by atoms with Gasteiger partial charge in [0.2, 0.25) is 11.1 Å². The van der Waals surface area contributed by atoms with Gasteiger partial charge < -0.3 is 11.2 Å². The van der Waals surface area contributed by atoms with Crippen molar-refractivity contribution in [3.05, 3.63) is 57.0 Å². The number of amides is 1. The number of hydrogen-bond donors (Lipinski definition) is 2. The van der Waals surface area contributed by atoms with Crippen LogP contribution in [-0.4, -0.2) is 26.5 Å². The number of halogens is 3. The molecule has 0 atom stereocenters. The fourth-order valence-corrected chi connectivity index (χ4v) is 3.56. The average Bonchev–Trinajstić information content (AvgIpc) is 2.97. The van der Waals surface area contributed by atoms with E-state index >= 15 is 0 Å². The van der Waals surface area contributed by atoms with Crippen LogP contribution < -0.4 is 11.2 Å². The van der Waals surface area contributed by atoms with Crippen molar-refractivity contribution in [2.45, 2.75) is 12.1 Å². The number of carbonyl (C=O) groups is 1. The van der Waals surface area contributed by atoms with Crippen LogP contribution in [0.25, 0.3) is 11.4 Å². The van der Waals surface area contributed by atoms with Gasteiger partial charge in [-0.3, -0.25) is 4.79 Å². The second kappa shape index (κ2) is 8.39. The minimum Gasteiger partial charge on any atom is -0.335 e. The molecule has 0 spiro atoms. The van der Waals surface area contributed by atoms with Crippen molar-refractivity contribution in [1.29, 1.82) is 0 Å². The molecule has 0 radical (unpaired) electrons. The highest BCUT2D eigenvalue weighted by Crippen LogP contribution is 2.30. The van der Waals surface area contributed by atoms with Crippen LogP contribution in [0.3, 0.4) is 0 Å². The Morgan fingerprint density at radius 3 is 2.63 bits per heavy atom. The van der Waals surface area contributed by atoms with E-state index in [-0.39, 0.29) is 11.7 Å². The highest BCUT2D eigenvalue weighted by Gasteiger charge is 2.16. The summed E-state index contributed by atoms with van der Waals surface area (Å²) in [6.07, 6.45) is 0. The molecule has 3 rings (SSSR count). The van der Waals surface area contributed by atoms with E-state index in [1.54, 1.807) is 30.3 Å². The van der Waals surface area contributed by atoms with Crippen molar-refractivity contribution >= 4 is 58.2 Å². The highest BCUT2D eigenvalue weighted by atomic mass is 35.5. The van der Waals surface area contributed by atoms with Crippen molar-refractivity contribution in [2.24, 2.45) is 0 Å². The van der Waals surface area contributed by atoms with Crippen molar-refractivity contribution < 1.29 is 4.79 Å². The summed E-state index contributed by atoms with van der Waals surface area (Å²) >= 11 is 19.3. The Morgan fingerprint density at radius 2 is 1.93 bits per heavy atom. The van der Waals surface area contributed by atoms with E-state index in [1.165, 1.54) is 4.68 Å². The molecule has 3 N–H and O–H groups in total. The van der Waals surface area contributed by atoms with Crippen molar-refractivity contribution in [2.75, 3.05) is 16.9 Å². The number of hydrogen-bond acceptors (Lipinski definition) is 5. The quantitative estimate of drug-likeness (QED) is 0.443. The summed E-state index contributed by atoms with van der Waals surface area (Å²) in [5.74, 6) is 6.32. The Morgan fingerprint density at radius 1 is 1.15 bits per heavy atom.